The molecule has 0 aromatic carbocycles. The zero-order valence-electron chi connectivity index (χ0n) is 34.8. The number of hydroxylamine groups is 2. The largest absolute Gasteiger partial charge is 0.394 e. The molecule has 0 spiro atoms. The van der Waals surface area contributed by atoms with E-state index in [0.717, 1.165) is 51.4 Å². The maximum absolute atomic E-state index is 14.3. The van der Waals surface area contributed by atoms with Crippen molar-refractivity contribution in [2.45, 2.75) is 160 Å². The average molecular weight is 760 g/mol. The Labute approximate surface area is 326 Å². The highest BCUT2D eigenvalue weighted by atomic mass is 16.7. The van der Waals surface area contributed by atoms with E-state index in [4.69, 9.17) is 15.3 Å². The van der Waals surface area contributed by atoms with Crippen LogP contribution in [0.15, 0.2) is 0 Å². The molecule has 1 heterocycles. The molecule has 11 nitrogen and oxygen atoms in total. The van der Waals surface area contributed by atoms with Gasteiger partial charge in [-0.3, -0.25) is 14.4 Å². The van der Waals surface area contributed by atoms with E-state index in [-0.39, 0.29) is 54.4 Å². The van der Waals surface area contributed by atoms with Gasteiger partial charge in [0.2, 0.25) is 11.8 Å². The van der Waals surface area contributed by atoms with E-state index in [9.17, 15) is 19.8 Å². The smallest absolute Gasteiger partial charge is 0.240 e. The molecule has 2 bridgehead atoms. The van der Waals surface area contributed by atoms with Crippen LogP contribution in [0.25, 0.3) is 0 Å². The summed E-state index contributed by atoms with van der Waals surface area (Å²) in [7, 11) is 6.08. The molecule has 7 aliphatic rings. The van der Waals surface area contributed by atoms with E-state index >= 15 is 0 Å². The van der Waals surface area contributed by atoms with Crippen LogP contribution in [0.4, 0.5) is 0 Å². The summed E-state index contributed by atoms with van der Waals surface area (Å²) in [6.45, 7) is 9.41. The summed E-state index contributed by atoms with van der Waals surface area (Å²) >= 11 is 0. The third-order valence-corrected chi connectivity index (χ3v) is 16.1. The fourth-order valence-electron chi connectivity index (χ4n) is 12.8. The molecule has 310 valence electrons. The number of ether oxygens (including phenoxy) is 1. The van der Waals surface area contributed by atoms with Gasteiger partial charge in [-0.25, -0.2) is 0 Å². The maximum Gasteiger partial charge on any atom is 0.240 e. The lowest BCUT2D eigenvalue weighted by Gasteiger charge is -2.62. The van der Waals surface area contributed by atoms with Crippen molar-refractivity contribution in [2.75, 3.05) is 40.9 Å². The number of aliphatic hydroxyl groups excluding tert-OH is 2. The van der Waals surface area contributed by atoms with Crippen LogP contribution in [0.2, 0.25) is 0 Å². The Morgan fingerprint density at radius 2 is 1.76 bits per heavy atom. The Kier molecular flexibility index (Phi) is 14.1. The van der Waals surface area contributed by atoms with Crippen LogP contribution in [0.3, 0.4) is 0 Å². The van der Waals surface area contributed by atoms with E-state index in [1.54, 1.807) is 12.0 Å². The highest BCUT2D eigenvalue weighted by Gasteiger charge is 2.58. The summed E-state index contributed by atoms with van der Waals surface area (Å²) in [5, 5.41) is 30.1. The van der Waals surface area contributed by atoms with Gasteiger partial charge in [-0.2, -0.15) is 5.06 Å². The fraction of sp³-hybridized carbons (Fsp3) is 0.953. The number of methoxy groups -OCH3 is 1. The SMILES string of the molecule is COC1C(CN2O[C@@H](CO)[C@@H]([C@H](C)O)[C@H]2C(=O)N[C@H]2C[C@H]3C[C@@H]([C@@H]2C)C3(C)C)CCCC1C1CC(C(=O)N[C@H](CN)CC2CCCCC2)CC(N(C)C)C1. The molecule has 0 radical (unpaired) electrons. The molecule has 6 aliphatic carbocycles. The van der Waals surface area contributed by atoms with E-state index in [1.165, 1.54) is 38.5 Å². The minimum Gasteiger partial charge on any atom is -0.394 e. The van der Waals surface area contributed by atoms with E-state index in [1.807, 2.05) is 7.11 Å². The molecule has 1 saturated heterocycles. The van der Waals surface area contributed by atoms with Crippen LogP contribution in [0, 0.1) is 58.7 Å². The second-order valence-corrected chi connectivity index (χ2v) is 19.8. The van der Waals surface area contributed by atoms with Crippen molar-refractivity contribution < 1.29 is 29.4 Å². The van der Waals surface area contributed by atoms with E-state index in [0.29, 0.717) is 54.1 Å². The van der Waals surface area contributed by atoms with Crippen molar-refractivity contribution >= 4 is 11.8 Å². The van der Waals surface area contributed by atoms with Gasteiger partial charge in [0.15, 0.2) is 0 Å². The second kappa shape index (κ2) is 18.1. The minimum atomic E-state index is -0.828. The number of carbonyl (C=O) groups excluding carboxylic acids is 2. The van der Waals surface area contributed by atoms with Crippen LogP contribution >= 0.6 is 0 Å². The highest BCUT2D eigenvalue weighted by molar-refractivity contribution is 5.83. The quantitative estimate of drug-likeness (QED) is 0.175. The Balaban J connectivity index is 1.15. The summed E-state index contributed by atoms with van der Waals surface area (Å²) in [4.78, 5) is 37.0. The number of fused-ring (bicyclic) bond motifs is 2. The summed E-state index contributed by atoms with van der Waals surface area (Å²) in [5.74, 6) is 2.37. The van der Waals surface area contributed by atoms with Gasteiger partial charge in [0.25, 0.3) is 0 Å². The zero-order valence-corrected chi connectivity index (χ0v) is 34.8. The molecule has 2 amide bonds. The lowest BCUT2D eigenvalue weighted by molar-refractivity contribution is -0.193. The van der Waals surface area contributed by atoms with Crippen molar-refractivity contribution in [2.24, 2.45) is 64.4 Å². The number of hydrogen-bond donors (Lipinski definition) is 5. The van der Waals surface area contributed by atoms with Crippen molar-refractivity contribution in [1.29, 1.82) is 0 Å². The first-order chi connectivity index (χ1) is 25.8. The highest BCUT2D eigenvalue weighted by Crippen LogP contribution is 2.61. The van der Waals surface area contributed by atoms with Gasteiger partial charge >= 0.3 is 0 Å². The summed E-state index contributed by atoms with van der Waals surface area (Å²) in [5.41, 5.74) is 6.56. The number of aliphatic hydroxyl groups is 2. The third-order valence-electron chi connectivity index (χ3n) is 16.1. The number of amides is 2. The van der Waals surface area contributed by atoms with Gasteiger partial charge in [-0.15, -0.1) is 0 Å². The molecule has 15 atom stereocenters. The molecule has 0 aromatic heterocycles. The molecule has 7 rings (SSSR count). The molecule has 7 fully saturated rings. The van der Waals surface area contributed by atoms with Crippen LogP contribution in [-0.4, -0.2) is 115 Å². The van der Waals surface area contributed by atoms with Gasteiger partial charge in [0.1, 0.15) is 12.1 Å². The van der Waals surface area contributed by atoms with Gasteiger partial charge in [0.05, 0.1) is 18.8 Å². The van der Waals surface area contributed by atoms with Crippen molar-refractivity contribution in [1.82, 2.24) is 20.6 Å². The van der Waals surface area contributed by atoms with Crippen LogP contribution in [0.1, 0.15) is 118 Å². The fourth-order valence-corrected chi connectivity index (χ4v) is 12.8. The maximum atomic E-state index is 14.3. The zero-order chi connectivity index (χ0) is 38.9. The molecule has 11 heteroatoms. The molecular weight excluding hydrogens is 683 g/mol. The molecule has 6 N–H and O–H groups in total. The molecule has 0 aromatic rings. The number of hydrogen-bond acceptors (Lipinski definition) is 9. The van der Waals surface area contributed by atoms with E-state index < -0.39 is 24.2 Å². The summed E-state index contributed by atoms with van der Waals surface area (Å²) in [6, 6.07) is -0.276. The normalized spacial score (nSPS) is 41.2. The Bertz CT molecular complexity index is 1240. The Morgan fingerprint density at radius 1 is 1.02 bits per heavy atom. The van der Waals surface area contributed by atoms with Crippen LogP contribution < -0.4 is 16.4 Å². The average Bonchev–Trinajstić information content (AvgIpc) is 3.53. The van der Waals surface area contributed by atoms with Gasteiger partial charge in [-0.05, 0) is 113 Å². The first kappa shape index (κ1) is 42.3. The van der Waals surface area contributed by atoms with Gasteiger partial charge in [-0.1, -0.05) is 59.3 Å². The Hall–Kier alpha value is -1.34. The number of nitrogens with two attached hydrogens (primary N) is 1. The number of nitrogens with one attached hydrogen (secondary N) is 2. The standard InChI is InChI=1S/C43H77N5O6/c1-25-35-20-31(43(35,3)4)21-36(25)46-42(52)39-38(26(2)50)37(24-49)54-48(39)23-28-14-11-15-34(40(28)53-7)29-17-30(19-33(18-29)47(5)6)41(51)45-32(22-44)16-27-12-9-8-10-13-27/h25-40,49-50H,8-24,44H2,1-7H3,(H,45,51)(H,46,52)/t25-,26-,28?,29?,30?,31+,32-,33?,34?,35-,36-,37-,38+,39-,40?/m0/s1. The topological polar surface area (TPSA) is 150 Å². The van der Waals surface area contributed by atoms with Gasteiger partial charge in [0, 0.05) is 56.1 Å². The van der Waals surface area contributed by atoms with Gasteiger partial charge < -0.3 is 36.2 Å². The minimum absolute atomic E-state index is 0.0299. The first-order valence-electron chi connectivity index (χ1n) is 22.0. The van der Waals surface area contributed by atoms with Crippen molar-refractivity contribution in [3.05, 3.63) is 0 Å². The first-order valence-corrected chi connectivity index (χ1v) is 22.0. The molecule has 54 heavy (non-hydrogen) atoms. The molecular formula is C43H77N5O6. The van der Waals surface area contributed by atoms with E-state index in [2.05, 4.69) is 50.4 Å². The predicted octanol–water partition coefficient (Wildman–Crippen LogP) is 4.34. The second-order valence-electron chi connectivity index (χ2n) is 19.8. The third kappa shape index (κ3) is 8.87. The van der Waals surface area contributed by atoms with Crippen LogP contribution in [0.5, 0.6) is 0 Å². The number of nitrogens with zero attached hydrogens (tertiary/aromatic N) is 2. The Morgan fingerprint density at radius 3 is 2.37 bits per heavy atom. The van der Waals surface area contributed by atoms with Crippen molar-refractivity contribution in [3.8, 4) is 0 Å². The van der Waals surface area contributed by atoms with Crippen LogP contribution in [-0.2, 0) is 19.2 Å². The number of rotatable bonds is 14. The lowest BCUT2D eigenvalue weighted by atomic mass is 9.45. The molecule has 6 unspecified atom stereocenters. The number of carbonyl (C=O) groups is 2. The summed E-state index contributed by atoms with van der Waals surface area (Å²) < 4.78 is 6.42. The summed E-state index contributed by atoms with van der Waals surface area (Å²) in [6.07, 6.45) is 13.8. The lowest BCUT2D eigenvalue weighted by Crippen LogP contribution is -2.62. The monoisotopic (exact) mass is 760 g/mol. The molecule has 1 aliphatic heterocycles. The van der Waals surface area contributed by atoms with Crippen molar-refractivity contribution in [3.63, 3.8) is 0 Å². The molecule has 6 saturated carbocycles. The predicted molar refractivity (Wildman–Crippen MR) is 211 cm³/mol.